The maximum Gasteiger partial charge on any atom is 0.0857 e. The molecule has 0 saturated carbocycles. The monoisotopic (exact) mass is 178 g/mol. The summed E-state index contributed by atoms with van der Waals surface area (Å²) in [4.78, 5) is 4.45. The highest BCUT2D eigenvalue weighted by molar-refractivity contribution is 4.69. The first-order valence-corrected chi connectivity index (χ1v) is 3.68. The van der Waals surface area contributed by atoms with Gasteiger partial charge in [-0.25, -0.2) is 10.1 Å². The lowest BCUT2D eigenvalue weighted by Gasteiger charge is -2.06. The van der Waals surface area contributed by atoms with Crippen molar-refractivity contribution in [2.45, 2.75) is 19.8 Å². The average molecular weight is 178 g/mol. The molecule has 0 aromatic heterocycles. The van der Waals surface area contributed by atoms with Crippen LogP contribution in [0.2, 0.25) is 0 Å². The first-order chi connectivity index (χ1) is 5.81. The third-order valence-corrected chi connectivity index (χ3v) is 1.37. The zero-order valence-electron chi connectivity index (χ0n) is 7.06. The highest BCUT2D eigenvalue weighted by Gasteiger charge is 1.99. The quantitative estimate of drug-likeness (QED) is 0.266. The zero-order valence-corrected chi connectivity index (χ0v) is 7.06. The van der Waals surface area contributed by atoms with Gasteiger partial charge in [0.1, 0.15) is 0 Å². The minimum absolute atomic E-state index is 0.373. The van der Waals surface area contributed by atoms with Crippen molar-refractivity contribution in [3.63, 3.8) is 0 Å². The van der Waals surface area contributed by atoms with Gasteiger partial charge in [-0.3, -0.25) is 0 Å². The molecule has 0 unspecified atom stereocenters. The smallest absolute Gasteiger partial charge is 0.0857 e. The van der Waals surface area contributed by atoms with Gasteiger partial charge in [0.15, 0.2) is 0 Å². The summed E-state index contributed by atoms with van der Waals surface area (Å²) in [5.41, 5.74) is 0. The number of allylic oxidation sites excluding steroid dienone is 1. The van der Waals surface area contributed by atoms with Crippen molar-refractivity contribution in [2.24, 2.45) is 5.92 Å². The highest BCUT2D eigenvalue weighted by atomic mass is 17.8. The molecule has 0 radical (unpaired) electrons. The van der Waals surface area contributed by atoms with Gasteiger partial charge in [-0.15, -0.1) is 6.58 Å². The molecule has 0 amide bonds. The first kappa shape index (κ1) is 11.5. The number of hydrogen-bond donors (Lipinski definition) is 1. The minimum atomic E-state index is 0.373. The standard InChI is InChI=1S/C7H14O5/c1-3-4-7(2)5-6-9-11-12-10-8/h3,7-8H,1,4-6H2,2H3/t7-/m1/s1. The van der Waals surface area contributed by atoms with Crippen molar-refractivity contribution in [3.8, 4) is 0 Å². The van der Waals surface area contributed by atoms with Gasteiger partial charge in [0, 0.05) is 0 Å². The molecule has 0 aromatic carbocycles. The normalized spacial score (nSPS) is 12.8. The summed E-state index contributed by atoms with van der Waals surface area (Å²) < 4.78 is 0. The number of hydrogen-bond acceptors (Lipinski definition) is 5. The van der Waals surface area contributed by atoms with Gasteiger partial charge in [0.05, 0.1) is 6.61 Å². The molecule has 1 N–H and O–H groups in total. The van der Waals surface area contributed by atoms with E-state index in [1.54, 1.807) is 0 Å². The summed E-state index contributed by atoms with van der Waals surface area (Å²) in [5.74, 6) is 0.487. The van der Waals surface area contributed by atoms with Crippen molar-refractivity contribution >= 4 is 0 Å². The summed E-state index contributed by atoms with van der Waals surface area (Å²) in [5, 5.41) is 18.3. The van der Waals surface area contributed by atoms with Crippen molar-refractivity contribution in [1.29, 1.82) is 0 Å². The number of rotatable bonds is 8. The molecular formula is C7H14O5. The van der Waals surface area contributed by atoms with Crippen LogP contribution in [0, 0.1) is 5.92 Å². The molecule has 72 valence electrons. The van der Waals surface area contributed by atoms with E-state index in [1.807, 2.05) is 6.08 Å². The molecule has 1 atom stereocenters. The average Bonchev–Trinajstić information content (AvgIpc) is 2.05. The van der Waals surface area contributed by atoms with E-state index in [2.05, 4.69) is 33.5 Å². The molecule has 5 heteroatoms. The Morgan fingerprint density at radius 3 is 2.83 bits per heavy atom. The fourth-order valence-electron chi connectivity index (χ4n) is 0.718. The lowest BCUT2D eigenvalue weighted by atomic mass is 10.1. The Morgan fingerprint density at radius 1 is 1.50 bits per heavy atom. The van der Waals surface area contributed by atoms with Gasteiger partial charge in [0.2, 0.25) is 0 Å². The molecule has 0 spiro atoms. The molecule has 0 saturated heterocycles. The first-order valence-electron chi connectivity index (χ1n) is 3.68. The fraction of sp³-hybridized carbons (Fsp3) is 0.714. The highest BCUT2D eigenvalue weighted by Crippen LogP contribution is 2.07. The summed E-state index contributed by atoms with van der Waals surface area (Å²) in [6, 6.07) is 0. The van der Waals surface area contributed by atoms with Crippen LogP contribution >= 0.6 is 0 Å². The second-order valence-electron chi connectivity index (χ2n) is 2.45. The van der Waals surface area contributed by atoms with Crippen LogP contribution in [0.4, 0.5) is 0 Å². The Bertz CT molecular complexity index is 106. The Morgan fingerprint density at radius 2 is 2.25 bits per heavy atom. The van der Waals surface area contributed by atoms with Crippen LogP contribution in [0.3, 0.4) is 0 Å². The summed E-state index contributed by atoms with van der Waals surface area (Å²) in [6.07, 6.45) is 3.60. The Kier molecular flexibility index (Phi) is 8.30. The van der Waals surface area contributed by atoms with Gasteiger partial charge in [-0.2, -0.15) is 0 Å². The second kappa shape index (κ2) is 8.63. The Balaban J connectivity index is 3.02. The van der Waals surface area contributed by atoms with Crippen molar-refractivity contribution in [1.82, 2.24) is 0 Å². The lowest BCUT2D eigenvalue weighted by molar-refractivity contribution is -0.702. The van der Waals surface area contributed by atoms with E-state index in [9.17, 15) is 0 Å². The SMILES string of the molecule is C=CC[C@@H](C)CCOOOOO. The molecule has 0 fully saturated rings. The van der Waals surface area contributed by atoms with Crippen LogP contribution in [0.15, 0.2) is 12.7 Å². The topological polar surface area (TPSA) is 57.2 Å². The third-order valence-electron chi connectivity index (χ3n) is 1.37. The fourth-order valence-corrected chi connectivity index (χ4v) is 0.718. The predicted octanol–water partition coefficient (Wildman–Crippen LogP) is 1.87. The predicted molar refractivity (Wildman–Crippen MR) is 40.4 cm³/mol. The molecule has 0 aromatic rings. The van der Waals surface area contributed by atoms with Gasteiger partial charge in [0.25, 0.3) is 0 Å². The van der Waals surface area contributed by atoms with Gasteiger partial charge in [-0.1, -0.05) is 13.0 Å². The maximum absolute atomic E-state index is 7.62. The van der Waals surface area contributed by atoms with E-state index in [0.29, 0.717) is 12.5 Å². The summed E-state index contributed by atoms with van der Waals surface area (Å²) in [7, 11) is 0. The zero-order chi connectivity index (χ0) is 9.23. The molecule has 5 nitrogen and oxygen atoms in total. The van der Waals surface area contributed by atoms with Gasteiger partial charge < -0.3 is 0 Å². The molecule has 12 heavy (non-hydrogen) atoms. The van der Waals surface area contributed by atoms with Crippen molar-refractivity contribution < 1.29 is 25.3 Å². The molecule has 0 aliphatic heterocycles. The van der Waals surface area contributed by atoms with Crippen LogP contribution in [0.5, 0.6) is 0 Å². The molecule has 0 aliphatic carbocycles. The molecule has 0 bridgehead atoms. The van der Waals surface area contributed by atoms with E-state index < -0.39 is 0 Å². The van der Waals surface area contributed by atoms with Crippen molar-refractivity contribution in [3.05, 3.63) is 12.7 Å². The molecule has 0 heterocycles. The Hall–Kier alpha value is -0.460. The Labute approximate surface area is 71.2 Å². The van der Waals surface area contributed by atoms with E-state index in [0.717, 1.165) is 12.8 Å². The van der Waals surface area contributed by atoms with Crippen molar-refractivity contribution in [2.75, 3.05) is 6.61 Å². The summed E-state index contributed by atoms with van der Waals surface area (Å²) in [6.45, 7) is 6.05. The summed E-state index contributed by atoms with van der Waals surface area (Å²) >= 11 is 0. The largest absolute Gasteiger partial charge is 0.219 e. The van der Waals surface area contributed by atoms with Crippen LogP contribution in [0.25, 0.3) is 0 Å². The van der Waals surface area contributed by atoms with E-state index in [-0.39, 0.29) is 0 Å². The van der Waals surface area contributed by atoms with E-state index >= 15 is 0 Å². The molecule has 0 rings (SSSR count). The third kappa shape index (κ3) is 7.64. The van der Waals surface area contributed by atoms with Crippen LogP contribution in [-0.2, 0) is 20.0 Å². The van der Waals surface area contributed by atoms with Gasteiger partial charge >= 0.3 is 0 Å². The minimum Gasteiger partial charge on any atom is -0.219 e. The molecular weight excluding hydrogens is 164 g/mol. The van der Waals surface area contributed by atoms with E-state index in [4.69, 9.17) is 5.26 Å². The van der Waals surface area contributed by atoms with Crippen LogP contribution in [-0.4, -0.2) is 11.9 Å². The van der Waals surface area contributed by atoms with E-state index in [1.165, 1.54) is 0 Å². The van der Waals surface area contributed by atoms with Crippen LogP contribution < -0.4 is 0 Å². The lowest BCUT2D eigenvalue weighted by Crippen LogP contribution is -2.02. The maximum atomic E-state index is 7.62. The van der Waals surface area contributed by atoms with Crippen LogP contribution in [0.1, 0.15) is 19.8 Å². The van der Waals surface area contributed by atoms with Gasteiger partial charge in [-0.05, 0) is 33.9 Å². The molecule has 0 aliphatic rings. The second-order valence-corrected chi connectivity index (χ2v) is 2.45.